The number of esters is 1. The minimum atomic E-state index is -0.680. The molecule has 1 amide bonds. The van der Waals surface area contributed by atoms with Crippen LogP contribution in [-0.2, 0) is 19.0 Å². The number of carbonyl (C=O) groups excluding carboxylic acids is 2. The molecule has 6 aliphatic rings. The highest BCUT2D eigenvalue weighted by molar-refractivity contribution is 5.85. The SMILES string of the molecule is C[C@]12CC[C@H](OC(=O)N3CCOCC3)C[C@H]1CC[C@@H]1[C@@H]2CC[C@]2(C)[C@@H](C3=CC(=O)OC3)CC[C@]12O. The Bertz CT molecular complexity index is 913. The summed E-state index contributed by atoms with van der Waals surface area (Å²) in [5.74, 6) is 1.35. The number of fused-ring (bicyclic) bond motifs is 5. The molecule has 0 bridgehead atoms. The number of amides is 1. The van der Waals surface area contributed by atoms with E-state index in [2.05, 4.69) is 13.8 Å². The van der Waals surface area contributed by atoms with Gasteiger partial charge >= 0.3 is 12.1 Å². The summed E-state index contributed by atoms with van der Waals surface area (Å²) in [6, 6.07) is 0. The topological polar surface area (TPSA) is 85.3 Å². The lowest BCUT2D eigenvalue weighted by atomic mass is 9.43. The lowest BCUT2D eigenvalue weighted by Crippen LogP contribution is -2.62. The summed E-state index contributed by atoms with van der Waals surface area (Å²) in [5, 5.41) is 12.3. The number of rotatable bonds is 2. The van der Waals surface area contributed by atoms with Gasteiger partial charge in [0.05, 0.1) is 18.8 Å². The second-order valence-electron chi connectivity index (χ2n) is 12.7. The monoisotopic (exact) mass is 487 g/mol. The van der Waals surface area contributed by atoms with Crippen molar-refractivity contribution in [3.05, 3.63) is 11.6 Å². The number of cyclic esters (lactones) is 1. The molecule has 0 radical (unpaired) electrons. The van der Waals surface area contributed by atoms with Crippen LogP contribution < -0.4 is 0 Å². The average molecular weight is 488 g/mol. The fourth-order valence-corrected chi connectivity index (χ4v) is 9.44. The zero-order valence-corrected chi connectivity index (χ0v) is 21.3. The summed E-state index contributed by atoms with van der Waals surface area (Å²) in [6.45, 7) is 7.55. The van der Waals surface area contributed by atoms with Crippen LogP contribution in [0.1, 0.15) is 71.6 Å². The average Bonchev–Trinajstić information content (AvgIpc) is 3.39. The lowest BCUT2D eigenvalue weighted by molar-refractivity contribution is -0.208. The Morgan fingerprint density at radius 1 is 1.06 bits per heavy atom. The first kappa shape index (κ1) is 23.8. The molecular weight excluding hydrogens is 446 g/mol. The molecule has 6 rings (SSSR count). The molecule has 0 spiro atoms. The van der Waals surface area contributed by atoms with Crippen LogP contribution in [0.4, 0.5) is 4.79 Å². The summed E-state index contributed by atoms with van der Waals surface area (Å²) in [7, 11) is 0. The van der Waals surface area contributed by atoms with Gasteiger partial charge in [0.15, 0.2) is 0 Å². The van der Waals surface area contributed by atoms with E-state index in [1.165, 1.54) is 0 Å². The number of morpholine rings is 1. The van der Waals surface area contributed by atoms with Crippen LogP contribution >= 0.6 is 0 Å². The van der Waals surface area contributed by atoms with E-state index in [0.29, 0.717) is 50.7 Å². The summed E-state index contributed by atoms with van der Waals surface area (Å²) >= 11 is 0. The zero-order chi connectivity index (χ0) is 24.4. The van der Waals surface area contributed by atoms with E-state index in [0.717, 1.165) is 63.4 Å². The quantitative estimate of drug-likeness (QED) is 0.591. The molecule has 5 fully saturated rings. The molecule has 0 unspecified atom stereocenters. The van der Waals surface area contributed by atoms with Crippen LogP contribution in [0.15, 0.2) is 11.6 Å². The van der Waals surface area contributed by atoms with Crippen LogP contribution in [0.25, 0.3) is 0 Å². The van der Waals surface area contributed by atoms with Gasteiger partial charge in [-0.05, 0) is 92.4 Å². The normalized spacial score (nSPS) is 47.3. The standard InChI is InChI=1S/C28H41NO6/c1-26-8-5-20(35-25(31)29-11-13-33-14-12-29)16-19(26)3-4-23-22(26)6-9-27(2)21(7-10-28(23,27)32)18-15-24(30)34-17-18/h15,19-23,32H,3-14,16-17H2,1-2H3/t19-,20+,21-,22+,23-,26+,27-,28+/m1/s1. The van der Waals surface area contributed by atoms with Crippen molar-refractivity contribution in [2.24, 2.45) is 34.5 Å². The van der Waals surface area contributed by atoms with Gasteiger partial charge in [0.2, 0.25) is 0 Å². The molecule has 4 saturated carbocycles. The molecule has 1 saturated heterocycles. The van der Waals surface area contributed by atoms with Crippen molar-refractivity contribution in [1.82, 2.24) is 4.90 Å². The first-order valence-electron chi connectivity index (χ1n) is 13.9. The highest BCUT2D eigenvalue weighted by Crippen LogP contribution is 2.70. The molecule has 0 aromatic heterocycles. The molecule has 2 aliphatic heterocycles. The Balaban J connectivity index is 1.16. The van der Waals surface area contributed by atoms with Gasteiger partial charge in [-0.15, -0.1) is 0 Å². The Morgan fingerprint density at radius 2 is 1.86 bits per heavy atom. The maximum absolute atomic E-state index is 12.7. The van der Waals surface area contributed by atoms with Crippen LogP contribution in [0.3, 0.4) is 0 Å². The summed E-state index contributed by atoms with van der Waals surface area (Å²) in [5.41, 5.74) is 0.406. The van der Waals surface area contributed by atoms with Gasteiger partial charge in [0.25, 0.3) is 0 Å². The number of hydrogen-bond acceptors (Lipinski definition) is 6. The fourth-order valence-electron chi connectivity index (χ4n) is 9.44. The zero-order valence-electron chi connectivity index (χ0n) is 21.3. The van der Waals surface area contributed by atoms with Crippen LogP contribution in [0.5, 0.6) is 0 Å². The first-order chi connectivity index (χ1) is 16.7. The Kier molecular flexibility index (Phi) is 5.76. The van der Waals surface area contributed by atoms with Crippen molar-refractivity contribution in [1.29, 1.82) is 0 Å². The van der Waals surface area contributed by atoms with Crippen LogP contribution in [0, 0.1) is 34.5 Å². The van der Waals surface area contributed by atoms with E-state index >= 15 is 0 Å². The smallest absolute Gasteiger partial charge is 0.410 e. The molecule has 35 heavy (non-hydrogen) atoms. The van der Waals surface area contributed by atoms with Gasteiger partial charge in [-0.2, -0.15) is 0 Å². The van der Waals surface area contributed by atoms with Gasteiger partial charge in [-0.3, -0.25) is 0 Å². The molecule has 4 aliphatic carbocycles. The van der Waals surface area contributed by atoms with Crippen molar-refractivity contribution in [2.45, 2.75) is 83.3 Å². The maximum Gasteiger partial charge on any atom is 0.410 e. The molecule has 8 atom stereocenters. The number of aliphatic hydroxyl groups is 1. The second kappa shape index (κ2) is 8.47. The van der Waals surface area contributed by atoms with Gasteiger partial charge in [-0.1, -0.05) is 13.8 Å². The summed E-state index contributed by atoms with van der Waals surface area (Å²) in [4.78, 5) is 26.2. The van der Waals surface area contributed by atoms with E-state index in [9.17, 15) is 14.7 Å². The van der Waals surface area contributed by atoms with E-state index in [1.807, 2.05) is 0 Å². The molecule has 0 aromatic rings. The molecular formula is C28H41NO6. The lowest BCUT2D eigenvalue weighted by Gasteiger charge is -2.63. The first-order valence-corrected chi connectivity index (χ1v) is 13.9. The third kappa shape index (κ3) is 3.58. The minimum Gasteiger partial charge on any atom is -0.458 e. The molecule has 2 heterocycles. The maximum atomic E-state index is 12.7. The Morgan fingerprint density at radius 3 is 2.60 bits per heavy atom. The van der Waals surface area contributed by atoms with Gasteiger partial charge in [0.1, 0.15) is 12.7 Å². The number of nitrogens with zero attached hydrogens (tertiary/aromatic N) is 1. The van der Waals surface area contributed by atoms with E-state index < -0.39 is 5.60 Å². The van der Waals surface area contributed by atoms with Crippen molar-refractivity contribution < 1.29 is 28.9 Å². The van der Waals surface area contributed by atoms with Crippen LogP contribution in [0.2, 0.25) is 0 Å². The highest BCUT2D eigenvalue weighted by atomic mass is 16.6. The summed E-state index contributed by atoms with van der Waals surface area (Å²) < 4.78 is 16.6. The van der Waals surface area contributed by atoms with Gasteiger partial charge in [0, 0.05) is 24.6 Å². The van der Waals surface area contributed by atoms with Gasteiger partial charge in [-0.25, -0.2) is 9.59 Å². The van der Waals surface area contributed by atoms with E-state index in [-0.39, 0.29) is 34.9 Å². The number of carbonyl (C=O) groups is 2. The minimum absolute atomic E-state index is 0.000357. The molecule has 194 valence electrons. The van der Waals surface area contributed by atoms with Crippen molar-refractivity contribution in [3.63, 3.8) is 0 Å². The molecule has 1 N–H and O–H groups in total. The number of ether oxygens (including phenoxy) is 3. The van der Waals surface area contributed by atoms with E-state index in [4.69, 9.17) is 14.2 Å². The highest BCUT2D eigenvalue weighted by Gasteiger charge is 2.67. The predicted octanol–water partition coefficient (Wildman–Crippen LogP) is 4.08. The van der Waals surface area contributed by atoms with Crippen molar-refractivity contribution in [3.8, 4) is 0 Å². The predicted molar refractivity (Wildman–Crippen MR) is 128 cm³/mol. The molecule has 7 heteroatoms. The number of hydrogen-bond donors (Lipinski definition) is 1. The van der Waals surface area contributed by atoms with Crippen molar-refractivity contribution >= 4 is 12.1 Å². The Hall–Kier alpha value is -1.60. The fraction of sp³-hybridized carbons (Fsp3) is 0.857. The molecule has 7 nitrogen and oxygen atoms in total. The third-order valence-corrected chi connectivity index (χ3v) is 11.5. The van der Waals surface area contributed by atoms with Crippen molar-refractivity contribution in [2.75, 3.05) is 32.9 Å². The largest absolute Gasteiger partial charge is 0.458 e. The molecule has 0 aromatic carbocycles. The summed E-state index contributed by atoms with van der Waals surface area (Å²) in [6.07, 6.45) is 10.5. The third-order valence-electron chi connectivity index (χ3n) is 11.5. The van der Waals surface area contributed by atoms with Crippen LogP contribution in [-0.4, -0.2) is 66.7 Å². The van der Waals surface area contributed by atoms with Gasteiger partial charge < -0.3 is 24.2 Å². The van der Waals surface area contributed by atoms with E-state index in [1.54, 1.807) is 11.0 Å². The Labute approximate surface area is 208 Å². The second-order valence-corrected chi connectivity index (χ2v) is 12.7.